The van der Waals surface area contributed by atoms with Gasteiger partial charge in [-0.05, 0) is 18.8 Å². The molecule has 0 amide bonds. The van der Waals surface area contributed by atoms with Crippen LogP contribution in [-0.4, -0.2) is 34.9 Å². The average molecular weight is 212 g/mol. The van der Waals surface area contributed by atoms with Crippen LogP contribution >= 0.6 is 0 Å². The van der Waals surface area contributed by atoms with E-state index in [-0.39, 0.29) is 13.2 Å². The number of hydrogen-bond acceptors (Lipinski definition) is 5. The SMILES string of the molecule is OCc1coc(N2CCCC(CO)C2)n1. The molecule has 1 aromatic rings. The predicted octanol–water partition coefficient (Wildman–Crippen LogP) is 0.376. The highest BCUT2D eigenvalue weighted by Crippen LogP contribution is 2.22. The molecule has 1 saturated heterocycles. The van der Waals surface area contributed by atoms with Gasteiger partial charge in [0.1, 0.15) is 12.0 Å². The smallest absolute Gasteiger partial charge is 0.297 e. The van der Waals surface area contributed by atoms with Crippen LogP contribution in [-0.2, 0) is 6.61 Å². The number of aromatic nitrogens is 1. The van der Waals surface area contributed by atoms with Crippen molar-refractivity contribution in [3.05, 3.63) is 12.0 Å². The third-order valence-corrected chi connectivity index (χ3v) is 2.75. The summed E-state index contributed by atoms with van der Waals surface area (Å²) in [5.41, 5.74) is 0.552. The zero-order valence-electron chi connectivity index (χ0n) is 8.59. The Morgan fingerprint density at radius 2 is 2.40 bits per heavy atom. The second-order valence-corrected chi connectivity index (χ2v) is 3.92. The number of nitrogens with zero attached hydrogens (tertiary/aromatic N) is 2. The molecule has 1 fully saturated rings. The zero-order chi connectivity index (χ0) is 10.7. The summed E-state index contributed by atoms with van der Waals surface area (Å²) in [4.78, 5) is 6.17. The lowest BCUT2D eigenvalue weighted by molar-refractivity contribution is 0.206. The van der Waals surface area contributed by atoms with Crippen molar-refractivity contribution in [3.8, 4) is 0 Å². The van der Waals surface area contributed by atoms with Crippen LogP contribution < -0.4 is 4.90 Å². The summed E-state index contributed by atoms with van der Waals surface area (Å²) in [6.45, 7) is 1.80. The van der Waals surface area contributed by atoms with Gasteiger partial charge in [-0.3, -0.25) is 0 Å². The van der Waals surface area contributed by atoms with Crippen molar-refractivity contribution < 1.29 is 14.6 Å². The van der Waals surface area contributed by atoms with Gasteiger partial charge >= 0.3 is 0 Å². The minimum atomic E-state index is -0.0965. The molecule has 2 rings (SSSR count). The third-order valence-electron chi connectivity index (χ3n) is 2.75. The highest BCUT2D eigenvalue weighted by molar-refractivity contribution is 5.27. The highest BCUT2D eigenvalue weighted by atomic mass is 16.4. The maximum absolute atomic E-state index is 9.09. The zero-order valence-corrected chi connectivity index (χ0v) is 8.59. The molecule has 0 aliphatic carbocycles. The second-order valence-electron chi connectivity index (χ2n) is 3.92. The van der Waals surface area contributed by atoms with E-state index in [4.69, 9.17) is 14.6 Å². The fourth-order valence-corrected chi connectivity index (χ4v) is 1.90. The first kappa shape index (κ1) is 10.4. The molecular weight excluding hydrogens is 196 g/mol. The van der Waals surface area contributed by atoms with E-state index < -0.39 is 0 Å². The molecule has 0 radical (unpaired) electrons. The van der Waals surface area contributed by atoms with Gasteiger partial charge in [0.2, 0.25) is 0 Å². The van der Waals surface area contributed by atoms with Gasteiger partial charge in [0, 0.05) is 19.7 Å². The summed E-state index contributed by atoms with van der Waals surface area (Å²) in [6, 6.07) is 0.553. The Balaban J connectivity index is 2.03. The first-order valence-electron chi connectivity index (χ1n) is 5.24. The first-order chi connectivity index (χ1) is 7.33. The predicted molar refractivity (Wildman–Crippen MR) is 54.4 cm³/mol. The lowest BCUT2D eigenvalue weighted by atomic mass is 10.00. The number of oxazole rings is 1. The molecule has 0 bridgehead atoms. The van der Waals surface area contributed by atoms with E-state index in [2.05, 4.69) is 4.98 Å². The Bertz CT molecular complexity index is 313. The summed E-state index contributed by atoms with van der Waals surface area (Å²) in [7, 11) is 0. The Labute approximate surface area is 88.3 Å². The number of aliphatic hydroxyl groups is 2. The van der Waals surface area contributed by atoms with E-state index in [1.165, 1.54) is 6.26 Å². The molecule has 5 nitrogen and oxygen atoms in total. The maximum atomic E-state index is 9.09. The monoisotopic (exact) mass is 212 g/mol. The fraction of sp³-hybridized carbons (Fsp3) is 0.700. The second kappa shape index (κ2) is 4.63. The van der Waals surface area contributed by atoms with Gasteiger partial charge in [-0.15, -0.1) is 0 Å². The van der Waals surface area contributed by atoms with Crippen molar-refractivity contribution in [2.45, 2.75) is 19.4 Å². The van der Waals surface area contributed by atoms with E-state index in [9.17, 15) is 0 Å². The van der Waals surface area contributed by atoms with Gasteiger partial charge in [0.15, 0.2) is 0 Å². The average Bonchev–Trinajstić information content (AvgIpc) is 2.78. The molecule has 5 heteroatoms. The van der Waals surface area contributed by atoms with Crippen molar-refractivity contribution in [1.82, 2.24) is 4.98 Å². The molecule has 1 atom stereocenters. The molecule has 1 aromatic heterocycles. The maximum Gasteiger partial charge on any atom is 0.297 e. The number of aliphatic hydroxyl groups excluding tert-OH is 2. The van der Waals surface area contributed by atoms with Crippen LogP contribution in [0.5, 0.6) is 0 Å². The van der Waals surface area contributed by atoms with Crippen molar-refractivity contribution in [3.63, 3.8) is 0 Å². The van der Waals surface area contributed by atoms with Crippen LogP contribution in [0.25, 0.3) is 0 Å². The molecule has 0 spiro atoms. The first-order valence-corrected chi connectivity index (χ1v) is 5.24. The summed E-state index contributed by atoms with van der Waals surface area (Å²) >= 11 is 0. The summed E-state index contributed by atoms with van der Waals surface area (Å²) in [6.07, 6.45) is 3.57. The van der Waals surface area contributed by atoms with Gasteiger partial charge in [0.05, 0.1) is 6.61 Å². The van der Waals surface area contributed by atoms with Gasteiger partial charge in [-0.2, -0.15) is 4.98 Å². The standard InChI is InChI=1S/C10H16N2O3/c13-5-8-2-1-3-12(4-8)10-11-9(6-14)7-15-10/h7-8,13-14H,1-6H2. The van der Waals surface area contributed by atoms with Gasteiger partial charge in [0.25, 0.3) is 6.01 Å². The topological polar surface area (TPSA) is 69.7 Å². The van der Waals surface area contributed by atoms with E-state index in [0.29, 0.717) is 17.6 Å². The summed E-state index contributed by atoms with van der Waals surface area (Å²) in [5.74, 6) is 0.309. The lowest BCUT2D eigenvalue weighted by Gasteiger charge is -2.30. The molecule has 0 saturated carbocycles. The molecule has 1 aliphatic heterocycles. The van der Waals surface area contributed by atoms with E-state index in [1.807, 2.05) is 4.90 Å². The van der Waals surface area contributed by atoms with Crippen LogP contribution in [0.3, 0.4) is 0 Å². The molecule has 15 heavy (non-hydrogen) atoms. The normalized spacial score (nSPS) is 22.0. The van der Waals surface area contributed by atoms with Gasteiger partial charge in [-0.1, -0.05) is 0 Å². The number of rotatable bonds is 3. The van der Waals surface area contributed by atoms with Crippen LogP contribution in [0, 0.1) is 5.92 Å². The molecule has 0 aromatic carbocycles. The number of piperidine rings is 1. The summed E-state index contributed by atoms with van der Waals surface area (Å²) < 4.78 is 5.26. The number of hydrogen-bond donors (Lipinski definition) is 2. The van der Waals surface area contributed by atoms with Crippen LogP contribution in [0.1, 0.15) is 18.5 Å². The number of anilines is 1. The Hall–Kier alpha value is -1.07. The minimum absolute atomic E-state index is 0.0965. The van der Waals surface area contributed by atoms with Crippen molar-refractivity contribution in [2.75, 3.05) is 24.6 Å². The minimum Gasteiger partial charge on any atom is -0.432 e. The molecule has 2 heterocycles. The molecule has 1 aliphatic rings. The Morgan fingerprint density at radius 3 is 3.07 bits per heavy atom. The van der Waals surface area contributed by atoms with Gasteiger partial charge in [-0.25, -0.2) is 0 Å². The summed E-state index contributed by atoms with van der Waals surface area (Å²) in [5, 5.41) is 18.0. The van der Waals surface area contributed by atoms with Crippen LogP contribution in [0.4, 0.5) is 6.01 Å². The highest BCUT2D eigenvalue weighted by Gasteiger charge is 2.22. The lowest BCUT2D eigenvalue weighted by Crippen LogP contribution is -2.37. The van der Waals surface area contributed by atoms with Crippen LogP contribution in [0.15, 0.2) is 10.7 Å². The van der Waals surface area contributed by atoms with E-state index in [0.717, 1.165) is 25.9 Å². The van der Waals surface area contributed by atoms with Gasteiger partial charge < -0.3 is 19.5 Å². The van der Waals surface area contributed by atoms with Crippen molar-refractivity contribution >= 4 is 6.01 Å². The molecule has 2 N–H and O–H groups in total. The quantitative estimate of drug-likeness (QED) is 0.757. The Kier molecular flexibility index (Phi) is 3.23. The van der Waals surface area contributed by atoms with Crippen molar-refractivity contribution in [1.29, 1.82) is 0 Å². The fourth-order valence-electron chi connectivity index (χ4n) is 1.90. The molecular formula is C10H16N2O3. The molecule has 1 unspecified atom stereocenters. The van der Waals surface area contributed by atoms with E-state index >= 15 is 0 Å². The largest absolute Gasteiger partial charge is 0.432 e. The van der Waals surface area contributed by atoms with Crippen molar-refractivity contribution in [2.24, 2.45) is 5.92 Å². The van der Waals surface area contributed by atoms with E-state index in [1.54, 1.807) is 0 Å². The Morgan fingerprint density at radius 1 is 1.53 bits per heavy atom. The molecule has 84 valence electrons. The third kappa shape index (κ3) is 2.30. The van der Waals surface area contributed by atoms with Crippen LogP contribution in [0.2, 0.25) is 0 Å².